The second kappa shape index (κ2) is 4.62. The molecule has 2 atom stereocenters. The van der Waals surface area contributed by atoms with Crippen LogP contribution in [-0.2, 0) is 0 Å². The number of aryl methyl sites for hydroxylation is 1. The zero-order valence-electron chi connectivity index (χ0n) is 9.36. The van der Waals surface area contributed by atoms with E-state index < -0.39 is 0 Å². The standard InChI is InChI=1S/C12H18N2O/c1-9-3-5-13-8-12(9)15-11-4-6-14-10(2)7-11/h4,6-7,9,12-13H,3,5,8H2,1-2H3. The molecule has 1 aliphatic rings. The number of nitrogens with zero attached hydrogens (tertiary/aromatic N) is 1. The zero-order chi connectivity index (χ0) is 10.7. The van der Waals surface area contributed by atoms with E-state index in [-0.39, 0.29) is 0 Å². The molecular formula is C12H18N2O. The van der Waals surface area contributed by atoms with Gasteiger partial charge in [0.1, 0.15) is 11.9 Å². The normalized spacial score (nSPS) is 26.3. The highest BCUT2D eigenvalue weighted by molar-refractivity contribution is 5.22. The van der Waals surface area contributed by atoms with Crippen LogP contribution in [0.2, 0.25) is 0 Å². The number of aromatic nitrogens is 1. The van der Waals surface area contributed by atoms with E-state index in [1.165, 1.54) is 6.42 Å². The molecular weight excluding hydrogens is 188 g/mol. The summed E-state index contributed by atoms with van der Waals surface area (Å²) in [6, 6.07) is 3.91. The van der Waals surface area contributed by atoms with Crippen LogP contribution in [0, 0.1) is 12.8 Å². The molecule has 0 bridgehead atoms. The number of rotatable bonds is 2. The second-order valence-corrected chi connectivity index (χ2v) is 4.26. The van der Waals surface area contributed by atoms with Gasteiger partial charge < -0.3 is 10.1 Å². The number of pyridine rings is 1. The maximum atomic E-state index is 5.95. The molecule has 0 aromatic carbocycles. The van der Waals surface area contributed by atoms with E-state index in [1.807, 2.05) is 19.1 Å². The van der Waals surface area contributed by atoms with Gasteiger partial charge in [0.2, 0.25) is 0 Å². The molecule has 1 aromatic rings. The summed E-state index contributed by atoms with van der Waals surface area (Å²) in [5.74, 6) is 1.56. The molecule has 2 unspecified atom stereocenters. The average molecular weight is 206 g/mol. The van der Waals surface area contributed by atoms with Gasteiger partial charge in [0.25, 0.3) is 0 Å². The number of hydrogen-bond acceptors (Lipinski definition) is 3. The molecule has 2 heterocycles. The summed E-state index contributed by atoms with van der Waals surface area (Å²) in [5, 5.41) is 3.36. The Hall–Kier alpha value is -1.09. The summed E-state index contributed by atoms with van der Waals surface area (Å²) in [5.41, 5.74) is 1.00. The Bertz CT molecular complexity index is 327. The summed E-state index contributed by atoms with van der Waals surface area (Å²) in [6.07, 6.45) is 3.28. The van der Waals surface area contributed by atoms with E-state index in [0.29, 0.717) is 12.0 Å². The van der Waals surface area contributed by atoms with Gasteiger partial charge in [-0.25, -0.2) is 0 Å². The van der Waals surface area contributed by atoms with Crippen LogP contribution in [0.5, 0.6) is 5.75 Å². The third kappa shape index (κ3) is 2.69. The quantitative estimate of drug-likeness (QED) is 0.800. The van der Waals surface area contributed by atoms with Gasteiger partial charge in [0.15, 0.2) is 0 Å². The van der Waals surface area contributed by atoms with Crippen molar-refractivity contribution in [1.82, 2.24) is 10.3 Å². The Balaban J connectivity index is 2.01. The maximum absolute atomic E-state index is 5.95. The average Bonchev–Trinajstić information content (AvgIpc) is 2.22. The van der Waals surface area contributed by atoms with Crippen LogP contribution in [0.3, 0.4) is 0 Å². The van der Waals surface area contributed by atoms with Crippen LogP contribution in [0.15, 0.2) is 18.3 Å². The summed E-state index contributed by atoms with van der Waals surface area (Å²) in [4.78, 5) is 4.16. The van der Waals surface area contributed by atoms with Gasteiger partial charge in [-0.3, -0.25) is 4.98 Å². The fourth-order valence-electron chi connectivity index (χ4n) is 1.89. The van der Waals surface area contributed by atoms with Crippen molar-refractivity contribution in [1.29, 1.82) is 0 Å². The maximum Gasteiger partial charge on any atom is 0.123 e. The molecule has 82 valence electrons. The first kappa shape index (κ1) is 10.4. The molecule has 0 saturated carbocycles. The van der Waals surface area contributed by atoms with Crippen molar-refractivity contribution in [2.75, 3.05) is 13.1 Å². The van der Waals surface area contributed by atoms with Crippen LogP contribution in [0.25, 0.3) is 0 Å². The van der Waals surface area contributed by atoms with E-state index in [0.717, 1.165) is 24.5 Å². The first-order valence-corrected chi connectivity index (χ1v) is 5.56. The third-order valence-corrected chi connectivity index (χ3v) is 2.91. The van der Waals surface area contributed by atoms with Crippen molar-refractivity contribution in [2.24, 2.45) is 5.92 Å². The van der Waals surface area contributed by atoms with Gasteiger partial charge in [-0.15, -0.1) is 0 Å². The predicted molar refractivity (Wildman–Crippen MR) is 60.0 cm³/mol. The van der Waals surface area contributed by atoms with E-state index >= 15 is 0 Å². The van der Waals surface area contributed by atoms with E-state index in [2.05, 4.69) is 17.2 Å². The second-order valence-electron chi connectivity index (χ2n) is 4.26. The smallest absolute Gasteiger partial charge is 0.123 e. The Morgan fingerprint density at radius 3 is 3.13 bits per heavy atom. The van der Waals surface area contributed by atoms with Crippen molar-refractivity contribution in [3.63, 3.8) is 0 Å². The summed E-state index contributed by atoms with van der Waals surface area (Å²) in [7, 11) is 0. The predicted octanol–water partition coefficient (Wildman–Crippen LogP) is 1.77. The fourth-order valence-corrected chi connectivity index (χ4v) is 1.89. The lowest BCUT2D eigenvalue weighted by Gasteiger charge is -2.30. The van der Waals surface area contributed by atoms with Crippen LogP contribution >= 0.6 is 0 Å². The van der Waals surface area contributed by atoms with Crippen molar-refractivity contribution in [3.05, 3.63) is 24.0 Å². The molecule has 3 nitrogen and oxygen atoms in total. The first-order chi connectivity index (χ1) is 7.25. The molecule has 15 heavy (non-hydrogen) atoms. The van der Waals surface area contributed by atoms with Gasteiger partial charge >= 0.3 is 0 Å². The fraction of sp³-hybridized carbons (Fsp3) is 0.583. The van der Waals surface area contributed by atoms with Gasteiger partial charge in [-0.05, 0) is 31.9 Å². The Morgan fingerprint density at radius 1 is 1.53 bits per heavy atom. The molecule has 0 aliphatic carbocycles. The Morgan fingerprint density at radius 2 is 2.40 bits per heavy atom. The van der Waals surface area contributed by atoms with Gasteiger partial charge in [0, 0.05) is 24.5 Å². The molecule has 0 spiro atoms. The summed E-state index contributed by atoms with van der Waals surface area (Å²) in [6.45, 7) is 6.29. The molecule has 0 amide bonds. The van der Waals surface area contributed by atoms with Crippen LogP contribution in [-0.4, -0.2) is 24.2 Å². The molecule has 1 aliphatic heterocycles. The molecule has 3 heteroatoms. The van der Waals surface area contributed by atoms with Crippen LogP contribution in [0.4, 0.5) is 0 Å². The van der Waals surface area contributed by atoms with E-state index in [9.17, 15) is 0 Å². The molecule has 1 aromatic heterocycles. The van der Waals surface area contributed by atoms with Crippen molar-refractivity contribution in [3.8, 4) is 5.75 Å². The minimum Gasteiger partial charge on any atom is -0.489 e. The molecule has 0 radical (unpaired) electrons. The van der Waals surface area contributed by atoms with Crippen LogP contribution in [0.1, 0.15) is 19.0 Å². The molecule has 1 fully saturated rings. The van der Waals surface area contributed by atoms with Crippen molar-refractivity contribution < 1.29 is 4.74 Å². The largest absolute Gasteiger partial charge is 0.489 e. The lowest BCUT2D eigenvalue weighted by atomic mass is 9.97. The highest BCUT2D eigenvalue weighted by Crippen LogP contribution is 2.19. The van der Waals surface area contributed by atoms with E-state index in [4.69, 9.17) is 4.74 Å². The number of ether oxygens (including phenoxy) is 1. The number of piperidine rings is 1. The topological polar surface area (TPSA) is 34.1 Å². The molecule has 1 saturated heterocycles. The monoisotopic (exact) mass is 206 g/mol. The highest BCUT2D eigenvalue weighted by atomic mass is 16.5. The number of nitrogens with one attached hydrogen (secondary N) is 1. The van der Waals surface area contributed by atoms with Crippen molar-refractivity contribution >= 4 is 0 Å². The first-order valence-electron chi connectivity index (χ1n) is 5.56. The minimum atomic E-state index is 0.292. The summed E-state index contributed by atoms with van der Waals surface area (Å²) < 4.78 is 5.95. The van der Waals surface area contributed by atoms with Crippen LogP contribution < -0.4 is 10.1 Å². The van der Waals surface area contributed by atoms with Crippen molar-refractivity contribution in [2.45, 2.75) is 26.4 Å². The lowest BCUT2D eigenvalue weighted by molar-refractivity contribution is 0.115. The Labute approximate surface area is 90.9 Å². The molecule has 1 N–H and O–H groups in total. The lowest BCUT2D eigenvalue weighted by Crippen LogP contribution is -2.42. The Kier molecular flexibility index (Phi) is 3.21. The zero-order valence-corrected chi connectivity index (χ0v) is 9.36. The summed E-state index contributed by atoms with van der Waals surface area (Å²) >= 11 is 0. The van der Waals surface area contributed by atoms with Gasteiger partial charge in [-0.1, -0.05) is 6.92 Å². The number of hydrogen-bond donors (Lipinski definition) is 1. The van der Waals surface area contributed by atoms with Gasteiger partial charge in [0.05, 0.1) is 0 Å². The minimum absolute atomic E-state index is 0.292. The SMILES string of the molecule is Cc1cc(OC2CNCCC2C)ccn1. The van der Waals surface area contributed by atoms with Gasteiger partial charge in [-0.2, -0.15) is 0 Å². The molecule has 2 rings (SSSR count). The van der Waals surface area contributed by atoms with E-state index in [1.54, 1.807) is 6.20 Å². The third-order valence-electron chi connectivity index (χ3n) is 2.91. The highest BCUT2D eigenvalue weighted by Gasteiger charge is 2.22.